The van der Waals surface area contributed by atoms with Gasteiger partial charge in [0.1, 0.15) is 5.75 Å². The number of fused-ring (bicyclic) bond motifs is 1. The summed E-state index contributed by atoms with van der Waals surface area (Å²) < 4.78 is 1.10. The Morgan fingerprint density at radius 2 is 2.00 bits per heavy atom. The molecular weight excluding hydrogens is 275 g/mol. The molecule has 2 rings (SSSR count). The maximum absolute atomic E-state index is 9.40. The number of halogens is 1. The lowest BCUT2D eigenvalue weighted by Gasteiger charge is -2.04. The molecule has 0 aliphatic heterocycles. The highest BCUT2D eigenvalue weighted by molar-refractivity contribution is 14.1. The fourth-order valence-corrected chi connectivity index (χ4v) is 2.60. The Kier molecular flexibility index (Phi) is 2.15. The van der Waals surface area contributed by atoms with Gasteiger partial charge in [-0.1, -0.05) is 18.2 Å². The molecule has 0 saturated carbocycles. The van der Waals surface area contributed by atoms with Gasteiger partial charge in [-0.2, -0.15) is 0 Å². The molecule has 0 spiro atoms. The van der Waals surface area contributed by atoms with Gasteiger partial charge >= 0.3 is 0 Å². The third kappa shape index (κ3) is 1.50. The number of hydrogen-bond acceptors (Lipinski definition) is 1. The molecule has 2 heteroatoms. The number of phenolic OH excluding ortho intramolecular Hbond substituents is 1. The predicted molar refractivity (Wildman–Crippen MR) is 63.1 cm³/mol. The first-order valence-corrected chi connectivity index (χ1v) is 5.14. The third-order valence-electron chi connectivity index (χ3n) is 2.12. The van der Waals surface area contributed by atoms with Crippen molar-refractivity contribution in [3.63, 3.8) is 0 Å². The Balaban J connectivity index is 2.94. The summed E-state index contributed by atoms with van der Waals surface area (Å²) in [4.78, 5) is 0. The van der Waals surface area contributed by atoms with E-state index in [4.69, 9.17) is 0 Å². The first-order valence-electron chi connectivity index (χ1n) is 4.06. The van der Waals surface area contributed by atoms with Gasteiger partial charge in [-0.05, 0) is 58.0 Å². The zero-order valence-electron chi connectivity index (χ0n) is 7.21. The normalized spacial score (nSPS) is 10.6. The first-order chi connectivity index (χ1) is 6.18. The van der Waals surface area contributed by atoms with E-state index in [0.717, 1.165) is 8.96 Å². The molecule has 2 aromatic rings. The van der Waals surface area contributed by atoms with Crippen LogP contribution in [0.1, 0.15) is 5.56 Å². The molecule has 2 aromatic carbocycles. The SMILES string of the molecule is Cc1cccc2cc(O)cc(I)c12. The van der Waals surface area contributed by atoms with Crippen LogP contribution in [0.2, 0.25) is 0 Å². The van der Waals surface area contributed by atoms with Crippen LogP contribution in [0.3, 0.4) is 0 Å². The number of hydrogen-bond donors (Lipinski definition) is 1. The van der Waals surface area contributed by atoms with Gasteiger partial charge in [0.05, 0.1) is 0 Å². The molecule has 66 valence electrons. The molecule has 0 atom stereocenters. The van der Waals surface area contributed by atoms with E-state index in [1.54, 1.807) is 12.1 Å². The van der Waals surface area contributed by atoms with Gasteiger partial charge < -0.3 is 5.11 Å². The van der Waals surface area contributed by atoms with Crippen LogP contribution in [0.15, 0.2) is 30.3 Å². The molecule has 1 nitrogen and oxygen atoms in total. The van der Waals surface area contributed by atoms with Crippen molar-refractivity contribution >= 4 is 33.4 Å². The molecule has 0 aliphatic rings. The second kappa shape index (κ2) is 3.18. The van der Waals surface area contributed by atoms with Gasteiger partial charge in [-0.3, -0.25) is 0 Å². The smallest absolute Gasteiger partial charge is 0.117 e. The third-order valence-corrected chi connectivity index (χ3v) is 2.97. The largest absolute Gasteiger partial charge is 0.508 e. The highest BCUT2D eigenvalue weighted by Crippen LogP contribution is 2.28. The van der Waals surface area contributed by atoms with Crippen LogP contribution in [0, 0.1) is 10.5 Å². The molecule has 0 heterocycles. The summed E-state index contributed by atoms with van der Waals surface area (Å²) in [5, 5.41) is 11.7. The molecule has 0 amide bonds. The molecule has 0 fully saturated rings. The Morgan fingerprint density at radius 3 is 2.77 bits per heavy atom. The summed E-state index contributed by atoms with van der Waals surface area (Å²) >= 11 is 2.25. The molecule has 0 aromatic heterocycles. The van der Waals surface area contributed by atoms with Crippen LogP contribution in [-0.2, 0) is 0 Å². The molecule has 0 unspecified atom stereocenters. The van der Waals surface area contributed by atoms with Crippen molar-refractivity contribution in [2.24, 2.45) is 0 Å². The van der Waals surface area contributed by atoms with Crippen molar-refractivity contribution in [2.75, 3.05) is 0 Å². The summed E-state index contributed by atoms with van der Waals surface area (Å²) in [6, 6.07) is 9.69. The lowest BCUT2D eigenvalue weighted by atomic mass is 10.1. The Morgan fingerprint density at radius 1 is 1.23 bits per heavy atom. The highest BCUT2D eigenvalue weighted by Gasteiger charge is 2.02. The molecular formula is C11H9IO. The maximum atomic E-state index is 9.40. The topological polar surface area (TPSA) is 20.2 Å². The average Bonchev–Trinajstić information content (AvgIpc) is 2.02. The van der Waals surface area contributed by atoms with Crippen molar-refractivity contribution in [1.29, 1.82) is 0 Å². The summed E-state index contributed by atoms with van der Waals surface area (Å²) in [6.07, 6.45) is 0. The van der Waals surface area contributed by atoms with Crippen molar-refractivity contribution in [2.45, 2.75) is 6.92 Å². The van der Waals surface area contributed by atoms with Gasteiger partial charge in [0.15, 0.2) is 0 Å². The fourth-order valence-electron chi connectivity index (χ4n) is 1.54. The minimum absolute atomic E-state index is 0.336. The number of phenols is 1. The quantitative estimate of drug-likeness (QED) is 0.734. The van der Waals surface area contributed by atoms with Crippen LogP contribution in [0.25, 0.3) is 10.8 Å². The van der Waals surface area contributed by atoms with Crippen molar-refractivity contribution in [1.82, 2.24) is 0 Å². The summed E-state index contributed by atoms with van der Waals surface area (Å²) in [5.74, 6) is 0.336. The summed E-state index contributed by atoms with van der Waals surface area (Å²) in [7, 11) is 0. The summed E-state index contributed by atoms with van der Waals surface area (Å²) in [5.41, 5.74) is 1.25. The van der Waals surface area contributed by atoms with Crippen LogP contribution >= 0.6 is 22.6 Å². The molecule has 13 heavy (non-hydrogen) atoms. The van der Waals surface area contributed by atoms with Crippen LogP contribution in [0.4, 0.5) is 0 Å². The van der Waals surface area contributed by atoms with E-state index < -0.39 is 0 Å². The number of aromatic hydroxyl groups is 1. The van der Waals surface area contributed by atoms with Crippen LogP contribution in [-0.4, -0.2) is 5.11 Å². The minimum Gasteiger partial charge on any atom is -0.508 e. The van der Waals surface area contributed by atoms with Gasteiger partial charge in [0.2, 0.25) is 0 Å². The Hall–Kier alpha value is -0.770. The zero-order valence-corrected chi connectivity index (χ0v) is 9.37. The Labute approximate surface area is 90.5 Å². The van der Waals surface area contributed by atoms with Gasteiger partial charge in [-0.15, -0.1) is 0 Å². The second-order valence-corrected chi connectivity index (χ2v) is 4.26. The first kappa shape index (κ1) is 8.81. The van der Waals surface area contributed by atoms with E-state index in [-0.39, 0.29) is 0 Å². The van der Waals surface area contributed by atoms with E-state index in [2.05, 4.69) is 35.6 Å². The van der Waals surface area contributed by atoms with E-state index in [1.165, 1.54) is 10.9 Å². The number of benzene rings is 2. The summed E-state index contributed by atoms with van der Waals surface area (Å²) in [6.45, 7) is 2.08. The van der Waals surface area contributed by atoms with Gasteiger partial charge in [-0.25, -0.2) is 0 Å². The minimum atomic E-state index is 0.336. The fraction of sp³-hybridized carbons (Fsp3) is 0.0909. The monoisotopic (exact) mass is 284 g/mol. The molecule has 0 saturated heterocycles. The molecule has 0 aliphatic carbocycles. The van der Waals surface area contributed by atoms with E-state index in [0.29, 0.717) is 5.75 Å². The van der Waals surface area contributed by atoms with E-state index in [1.807, 2.05) is 12.1 Å². The lowest BCUT2D eigenvalue weighted by molar-refractivity contribution is 0.476. The lowest BCUT2D eigenvalue weighted by Crippen LogP contribution is -1.82. The van der Waals surface area contributed by atoms with E-state index >= 15 is 0 Å². The van der Waals surface area contributed by atoms with Crippen molar-refractivity contribution < 1.29 is 5.11 Å². The maximum Gasteiger partial charge on any atom is 0.117 e. The van der Waals surface area contributed by atoms with Crippen LogP contribution in [0.5, 0.6) is 5.75 Å². The molecule has 0 bridgehead atoms. The van der Waals surface area contributed by atoms with Crippen molar-refractivity contribution in [3.05, 3.63) is 39.5 Å². The van der Waals surface area contributed by atoms with Gasteiger partial charge in [0.25, 0.3) is 0 Å². The molecule has 0 radical (unpaired) electrons. The number of rotatable bonds is 0. The van der Waals surface area contributed by atoms with Crippen LogP contribution < -0.4 is 0 Å². The molecule has 1 N–H and O–H groups in total. The predicted octanol–water partition coefficient (Wildman–Crippen LogP) is 3.46. The zero-order chi connectivity index (χ0) is 9.42. The Bertz CT molecular complexity index is 463. The van der Waals surface area contributed by atoms with Gasteiger partial charge in [0, 0.05) is 3.57 Å². The average molecular weight is 284 g/mol. The number of aryl methyl sites for hydroxylation is 1. The second-order valence-electron chi connectivity index (χ2n) is 3.10. The van der Waals surface area contributed by atoms with Crippen molar-refractivity contribution in [3.8, 4) is 5.75 Å². The van der Waals surface area contributed by atoms with E-state index in [9.17, 15) is 5.11 Å². The standard InChI is InChI=1S/C11H9IO/c1-7-3-2-4-8-5-9(13)6-10(12)11(7)8/h2-6,13H,1H3. The highest BCUT2D eigenvalue weighted by atomic mass is 127.